The van der Waals surface area contributed by atoms with E-state index < -0.39 is 5.25 Å². The second kappa shape index (κ2) is 8.38. The Bertz CT molecular complexity index is 988. The molecular weight excluding hydrogens is 362 g/mol. The Morgan fingerprint density at radius 3 is 3.00 bits per heavy atom. The number of thioether (sulfide) groups is 1. The van der Waals surface area contributed by atoms with Gasteiger partial charge in [0.25, 0.3) is 0 Å². The highest BCUT2D eigenvalue weighted by molar-refractivity contribution is 8.00. The van der Waals surface area contributed by atoms with E-state index in [1.54, 1.807) is 55.7 Å². The number of anilines is 1. The molecule has 1 amide bonds. The Labute approximate surface area is 160 Å². The van der Waals surface area contributed by atoms with Crippen molar-refractivity contribution in [1.29, 1.82) is 5.26 Å². The van der Waals surface area contributed by atoms with Crippen molar-refractivity contribution >= 4 is 23.4 Å². The summed E-state index contributed by atoms with van der Waals surface area (Å²) in [6, 6.07) is 12.4. The molecule has 3 rings (SSSR count). The van der Waals surface area contributed by atoms with Gasteiger partial charge in [0, 0.05) is 12.2 Å². The van der Waals surface area contributed by atoms with E-state index in [0.717, 1.165) is 0 Å². The van der Waals surface area contributed by atoms with E-state index in [0.29, 0.717) is 34.5 Å². The first-order valence-corrected chi connectivity index (χ1v) is 9.06. The summed E-state index contributed by atoms with van der Waals surface area (Å²) in [5.74, 6) is 0.987. The molecule has 27 heavy (non-hydrogen) atoms. The predicted molar refractivity (Wildman–Crippen MR) is 103 cm³/mol. The van der Waals surface area contributed by atoms with Gasteiger partial charge in [-0.05, 0) is 37.3 Å². The highest BCUT2D eigenvalue weighted by Gasteiger charge is 2.21. The van der Waals surface area contributed by atoms with Crippen LogP contribution < -0.4 is 5.32 Å². The molecule has 1 unspecified atom stereocenters. The van der Waals surface area contributed by atoms with Gasteiger partial charge in [0.1, 0.15) is 0 Å². The number of nitrogens with zero attached hydrogens (tertiary/aromatic N) is 4. The highest BCUT2D eigenvalue weighted by Crippen LogP contribution is 2.27. The van der Waals surface area contributed by atoms with Crippen molar-refractivity contribution in [2.45, 2.75) is 23.9 Å². The monoisotopic (exact) mass is 379 g/mol. The van der Waals surface area contributed by atoms with Gasteiger partial charge in [0.05, 0.1) is 23.1 Å². The van der Waals surface area contributed by atoms with Crippen LogP contribution in [0.15, 0.2) is 64.9 Å². The SMILES string of the molecule is C=CCn1c(SC(C)C(=O)Nc2cccc(C#N)c2)nnc1-c1ccco1. The summed E-state index contributed by atoms with van der Waals surface area (Å²) in [6.45, 7) is 6.04. The second-order valence-electron chi connectivity index (χ2n) is 5.62. The average Bonchev–Trinajstić information content (AvgIpc) is 3.32. The molecule has 1 N–H and O–H groups in total. The molecule has 0 aliphatic carbocycles. The van der Waals surface area contributed by atoms with Crippen LogP contribution in [0.25, 0.3) is 11.6 Å². The van der Waals surface area contributed by atoms with Gasteiger partial charge in [-0.15, -0.1) is 16.8 Å². The van der Waals surface area contributed by atoms with Crippen LogP contribution in [0.4, 0.5) is 5.69 Å². The standard InChI is InChI=1S/C19H17N5O2S/c1-3-9-24-17(16-8-5-10-26-16)22-23-19(24)27-13(2)18(25)21-15-7-4-6-14(11-15)12-20/h3-8,10-11,13H,1,9H2,2H3,(H,21,25). The van der Waals surface area contributed by atoms with E-state index in [2.05, 4.69) is 28.2 Å². The van der Waals surface area contributed by atoms with Crippen molar-refractivity contribution in [3.8, 4) is 17.7 Å². The Morgan fingerprint density at radius 2 is 2.30 bits per heavy atom. The molecular formula is C19H17N5O2S. The van der Waals surface area contributed by atoms with Crippen molar-refractivity contribution in [3.63, 3.8) is 0 Å². The number of rotatable bonds is 7. The summed E-state index contributed by atoms with van der Waals surface area (Å²) < 4.78 is 7.24. The van der Waals surface area contributed by atoms with Gasteiger partial charge in [-0.1, -0.05) is 23.9 Å². The second-order valence-corrected chi connectivity index (χ2v) is 6.93. The van der Waals surface area contributed by atoms with Gasteiger partial charge in [-0.25, -0.2) is 0 Å². The number of carbonyl (C=O) groups excluding carboxylic acids is 1. The van der Waals surface area contributed by atoms with Crippen LogP contribution in [0.5, 0.6) is 0 Å². The maximum atomic E-state index is 12.5. The average molecular weight is 379 g/mol. The maximum Gasteiger partial charge on any atom is 0.237 e. The molecule has 8 heteroatoms. The number of hydrogen-bond acceptors (Lipinski definition) is 6. The lowest BCUT2D eigenvalue weighted by Gasteiger charge is -2.12. The summed E-state index contributed by atoms with van der Waals surface area (Å²) in [5, 5.41) is 20.3. The minimum absolute atomic E-state index is 0.192. The number of benzene rings is 1. The molecule has 0 bridgehead atoms. The quantitative estimate of drug-likeness (QED) is 0.496. The van der Waals surface area contributed by atoms with Gasteiger partial charge in [-0.2, -0.15) is 5.26 Å². The van der Waals surface area contributed by atoms with Gasteiger partial charge in [-0.3, -0.25) is 9.36 Å². The molecule has 2 heterocycles. The van der Waals surface area contributed by atoms with Gasteiger partial charge in [0.15, 0.2) is 10.9 Å². The van der Waals surface area contributed by atoms with E-state index in [4.69, 9.17) is 9.68 Å². The van der Waals surface area contributed by atoms with Crippen LogP contribution in [-0.2, 0) is 11.3 Å². The summed E-state index contributed by atoms with van der Waals surface area (Å²) in [5.41, 5.74) is 1.07. The lowest BCUT2D eigenvalue weighted by Crippen LogP contribution is -2.23. The van der Waals surface area contributed by atoms with Crippen molar-refractivity contribution < 1.29 is 9.21 Å². The lowest BCUT2D eigenvalue weighted by molar-refractivity contribution is -0.115. The number of nitriles is 1. The third kappa shape index (κ3) is 4.27. The van der Waals surface area contributed by atoms with Crippen molar-refractivity contribution in [3.05, 3.63) is 60.9 Å². The fourth-order valence-electron chi connectivity index (χ4n) is 2.38. The first kappa shape index (κ1) is 18.5. The number of furan rings is 1. The molecule has 0 spiro atoms. The number of carbonyl (C=O) groups is 1. The van der Waals surface area contributed by atoms with E-state index in [1.165, 1.54) is 11.8 Å². The topological polar surface area (TPSA) is 96.7 Å². The Kier molecular flexibility index (Phi) is 5.74. The van der Waals surface area contributed by atoms with Crippen molar-refractivity contribution in [2.24, 2.45) is 0 Å². The van der Waals surface area contributed by atoms with Gasteiger partial charge >= 0.3 is 0 Å². The molecule has 0 aliphatic rings. The summed E-state index contributed by atoms with van der Waals surface area (Å²) in [6.07, 6.45) is 3.30. The van der Waals surface area contributed by atoms with Gasteiger partial charge in [0.2, 0.25) is 11.7 Å². The van der Waals surface area contributed by atoms with E-state index in [9.17, 15) is 4.79 Å². The Balaban J connectivity index is 1.75. The first-order valence-electron chi connectivity index (χ1n) is 8.18. The fraction of sp³-hybridized carbons (Fsp3) is 0.158. The molecule has 3 aromatic rings. The highest BCUT2D eigenvalue weighted by atomic mass is 32.2. The summed E-state index contributed by atoms with van der Waals surface area (Å²) >= 11 is 1.29. The number of allylic oxidation sites excluding steroid dienone is 1. The molecule has 0 fully saturated rings. The number of hydrogen-bond donors (Lipinski definition) is 1. The zero-order valence-electron chi connectivity index (χ0n) is 14.6. The third-order valence-electron chi connectivity index (χ3n) is 3.68. The largest absolute Gasteiger partial charge is 0.461 e. The molecule has 0 saturated carbocycles. The van der Waals surface area contributed by atoms with Crippen LogP contribution >= 0.6 is 11.8 Å². The van der Waals surface area contributed by atoms with E-state index >= 15 is 0 Å². The van der Waals surface area contributed by atoms with Crippen LogP contribution in [0, 0.1) is 11.3 Å². The summed E-state index contributed by atoms with van der Waals surface area (Å²) in [4.78, 5) is 12.5. The normalized spacial score (nSPS) is 11.6. The number of nitrogens with one attached hydrogen (secondary N) is 1. The number of amides is 1. The molecule has 0 aliphatic heterocycles. The third-order valence-corrected chi connectivity index (χ3v) is 4.76. The predicted octanol–water partition coefficient (Wildman–Crippen LogP) is 3.72. The van der Waals surface area contributed by atoms with E-state index in [1.807, 2.05) is 4.57 Å². The van der Waals surface area contributed by atoms with Crippen LogP contribution in [0.2, 0.25) is 0 Å². The maximum absolute atomic E-state index is 12.5. The zero-order chi connectivity index (χ0) is 19.2. The van der Waals surface area contributed by atoms with Crippen LogP contribution in [0.1, 0.15) is 12.5 Å². The Morgan fingerprint density at radius 1 is 1.44 bits per heavy atom. The molecule has 7 nitrogen and oxygen atoms in total. The first-order chi connectivity index (χ1) is 13.1. The van der Waals surface area contributed by atoms with Crippen LogP contribution in [0.3, 0.4) is 0 Å². The molecule has 1 atom stereocenters. The lowest BCUT2D eigenvalue weighted by atomic mass is 10.2. The molecule has 0 radical (unpaired) electrons. The van der Waals surface area contributed by atoms with E-state index in [-0.39, 0.29) is 5.91 Å². The fourth-order valence-corrected chi connectivity index (χ4v) is 3.24. The molecule has 1 aromatic carbocycles. The zero-order valence-corrected chi connectivity index (χ0v) is 15.4. The molecule has 136 valence electrons. The number of aromatic nitrogens is 3. The summed E-state index contributed by atoms with van der Waals surface area (Å²) in [7, 11) is 0. The Hall–Kier alpha value is -3.31. The smallest absolute Gasteiger partial charge is 0.237 e. The van der Waals surface area contributed by atoms with Crippen LogP contribution in [-0.4, -0.2) is 25.9 Å². The van der Waals surface area contributed by atoms with Crippen molar-refractivity contribution in [2.75, 3.05) is 5.32 Å². The van der Waals surface area contributed by atoms with Crippen molar-refractivity contribution in [1.82, 2.24) is 14.8 Å². The van der Waals surface area contributed by atoms with Gasteiger partial charge < -0.3 is 9.73 Å². The minimum atomic E-state index is -0.423. The molecule has 2 aromatic heterocycles. The molecule has 0 saturated heterocycles. The minimum Gasteiger partial charge on any atom is -0.461 e.